The minimum atomic E-state index is -3.80. The SMILES string of the molecule is CCCCNC(=O)c1ccc(S(=O)(=O)NC2CCS(=O)(=O)C2)cc1. The monoisotopic (exact) mass is 374 g/mol. The van der Waals surface area contributed by atoms with Crippen LogP contribution in [0.15, 0.2) is 29.2 Å². The predicted octanol–water partition coefficient (Wildman–Crippen LogP) is 0.682. The molecule has 1 aliphatic heterocycles. The van der Waals surface area contributed by atoms with Gasteiger partial charge in [0.05, 0.1) is 16.4 Å². The van der Waals surface area contributed by atoms with Crippen LogP contribution < -0.4 is 10.0 Å². The average molecular weight is 374 g/mol. The van der Waals surface area contributed by atoms with E-state index in [4.69, 9.17) is 0 Å². The van der Waals surface area contributed by atoms with E-state index >= 15 is 0 Å². The Kier molecular flexibility index (Phi) is 6.00. The number of rotatable bonds is 7. The highest BCUT2D eigenvalue weighted by Gasteiger charge is 2.31. The van der Waals surface area contributed by atoms with Crippen LogP contribution in [0.3, 0.4) is 0 Å². The largest absolute Gasteiger partial charge is 0.352 e. The lowest BCUT2D eigenvalue weighted by Crippen LogP contribution is -2.35. The number of carbonyl (C=O) groups excluding carboxylic acids is 1. The second kappa shape index (κ2) is 7.62. The lowest BCUT2D eigenvalue weighted by atomic mass is 10.2. The normalized spacial score (nSPS) is 20.0. The first kappa shape index (κ1) is 18.9. The number of sulfonamides is 1. The Hall–Kier alpha value is -1.45. The Morgan fingerprint density at radius 2 is 1.92 bits per heavy atom. The van der Waals surface area contributed by atoms with Gasteiger partial charge in [0.15, 0.2) is 9.84 Å². The van der Waals surface area contributed by atoms with Gasteiger partial charge < -0.3 is 5.32 Å². The molecule has 1 fully saturated rings. The number of hydrogen-bond donors (Lipinski definition) is 2. The average Bonchev–Trinajstić information content (AvgIpc) is 2.85. The Morgan fingerprint density at radius 3 is 2.46 bits per heavy atom. The Labute approximate surface area is 142 Å². The van der Waals surface area contributed by atoms with E-state index in [-0.39, 0.29) is 28.7 Å². The molecule has 1 aromatic carbocycles. The highest BCUT2D eigenvalue weighted by Crippen LogP contribution is 2.16. The summed E-state index contributed by atoms with van der Waals surface area (Å²) in [6.45, 7) is 2.60. The van der Waals surface area contributed by atoms with Gasteiger partial charge in [0.2, 0.25) is 10.0 Å². The standard InChI is InChI=1S/C15H22N2O5S2/c1-2-3-9-16-15(18)12-4-6-14(7-5-12)24(21,22)17-13-8-10-23(19,20)11-13/h4-7,13,17H,2-3,8-11H2,1H3,(H,16,18). The van der Waals surface area contributed by atoms with Crippen molar-refractivity contribution in [3.63, 3.8) is 0 Å². The lowest BCUT2D eigenvalue weighted by molar-refractivity contribution is 0.0953. The van der Waals surface area contributed by atoms with Crippen molar-refractivity contribution in [2.24, 2.45) is 0 Å². The summed E-state index contributed by atoms with van der Waals surface area (Å²) < 4.78 is 49.8. The summed E-state index contributed by atoms with van der Waals surface area (Å²) in [5.41, 5.74) is 0.383. The summed E-state index contributed by atoms with van der Waals surface area (Å²) in [7, 11) is -6.96. The number of benzene rings is 1. The first-order valence-corrected chi connectivity index (χ1v) is 11.1. The second-order valence-electron chi connectivity index (χ2n) is 5.86. The summed E-state index contributed by atoms with van der Waals surface area (Å²) >= 11 is 0. The first-order chi connectivity index (χ1) is 11.2. The van der Waals surface area contributed by atoms with E-state index in [1.807, 2.05) is 6.92 Å². The van der Waals surface area contributed by atoms with Crippen molar-refractivity contribution in [2.45, 2.75) is 37.1 Å². The topological polar surface area (TPSA) is 109 Å². The van der Waals surface area contributed by atoms with Crippen LogP contribution in [0, 0.1) is 0 Å². The maximum absolute atomic E-state index is 12.3. The van der Waals surface area contributed by atoms with E-state index in [0.717, 1.165) is 12.8 Å². The van der Waals surface area contributed by atoms with Gasteiger partial charge in [-0.1, -0.05) is 13.3 Å². The van der Waals surface area contributed by atoms with Gasteiger partial charge in [0, 0.05) is 18.2 Å². The number of sulfone groups is 1. The Balaban J connectivity index is 2.02. The quantitative estimate of drug-likeness (QED) is 0.682. The van der Waals surface area contributed by atoms with Gasteiger partial charge in [-0.05, 0) is 37.1 Å². The molecule has 2 N–H and O–H groups in total. The zero-order chi connectivity index (χ0) is 17.8. The maximum Gasteiger partial charge on any atom is 0.251 e. The molecule has 0 aromatic heterocycles. The van der Waals surface area contributed by atoms with E-state index in [1.54, 1.807) is 0 Å². The Bertz CT molecular complexity index is 786. The van der Waals surface area contributed by atoms with E-state index in [0.29, 0.717) is 12.1 Å². The van der Waals surface area contributed by atoms with Crippen LogP contribution in [0.2, 0.25) is 0 Å². The molecule has 2 rings (SSSR count). The second-order valence-corrected chi connectivity index (χ2v) is 9.80. The van der Waals surface area contributed by atoms with Gasteiger partial charge in [0.25, 0.3) is 5.91 Å². The van der Waals surface area contributed by atoms with Crippen molar-refractivity contribution in [1.29, 1.82) is 0 Å². The molecule has 1 amide bonds. The van der Waals surface area contributed by atoms with Gasteiger partial charge in [-0.15, -0.1) is 0 Å². The van der Waals surface area contributed by atoms with Crippen LogP contribution in [0.25, 0.3) is 0 Å². The van der Waals surface area contributed by atoms with Crippen molar-refractivity contribution in [3.8, 4) is 0 Å². The zero-order valence-electron chi connectivity index (χ0n) is 13.5. The molecule has 24 heavy (non-hydrogen) atoms. The number of nitrogens with one attached hydrogen (secondary N) is 2. The van der Waals surface area contributed by atoms with Gasteiger partial charge in [-0.2, -0.15) is 0 Å². The number of unbranched alkanes of at least 4 members (excludes halogenated alkanes) is 1. The minimum Gasteiger partial charge on any atom is -0.352 e. The zero-order valence-corrected chi connectivity index (χ0v) is 15.1. The summed E-state index contributed by atoms with van der Waals surface area (Å²) in [4.78, 5) is 11.9. The molecule has 134 valence electrons. The van der Waals surface area contributed by atoms with E-state index in [2.05, 4.69) is 10.0 Å². The molecule has 0 aliphatic carbocycles. The van der Waals surface area contributed by atoms with E-state index < -0.39 is 25.9 Å². The molecule has 0 spiro atoms. The molecule has 1 aromatic rings. The number of hydrogen-bond acceptors (Lipinski definition) is 5. The molecule has 1 heterocycles. The molecule has 1 unspecified atom stereocenters. The van der Waals surface area contributed by atoms with Crippen molar-refractivity contribution in [3.05, 3.63) is 29.8 Å². The van der Waals surface area contributed by atoms with E-state index in [9.17, 15) is 21.6 Å². The fourth-order valence-corrected chi connectivity index (χ4v) is 5.49. The molecule has 0 radical (unpaired) electrons. The van der Waals surface area contributed by atoms with Crippen LogP contribution in [0.5, 0.6) is 0 Å². The van der Waals surface area contributed by atoms with Crippen LogP contribution in [0.1, 0.15) is 36.5 Å². The highest BCUT2D eigenvalue weighted by molar-refractivity contribution is 7.92. The van der Waals surface area contributed by atoms with Gasteiger partial charge >= 0.3 is 0 Å². The molecule has 0 bridgehead atoms. The van der Waals surface area contributed by atoms with Crippen LogP contribution >= 0.6 is 0 Å². The Morgan fingerprint density at radius 1 is 1.25 bits per heavy atom. The molecule has 1 saturated heterocycles. The van der Waals surface area contributed by atoms with Gasteiger partial charge in [-0.25, -0.2) is 21.6 Å². The van der Waals surface area contributed by atoms with Crippen LogP contribution in [0.4, 0.5) is 0 Å². The molecule has 1 aliphatic rings. The third kappa shape index (κ3) is 5.02. The summed E-state index contributed by atoms with van der Waals surface area (Å²) in [6, 6.07) is 4.99. The van der Waals surface area contributed by atoms with Gasteiger partial charge in [0.1, 0.15) is 0 Å². The van der Waals surface area contributed by atoms with Crippen molar-refractivity contribution in [1.82, 2.24) is 10.0 Å². The van der Waals surface area contributed by atoms with Crippen molar-refractivity contribution < 1.29 is 21.6 Å². The molecule has 7 nitrogen and oxygen atoms in total. The van der Waals surface area contributed by atoms with Crippen LogP contribution in [-0.4, -0.2) is 46.8 Å². The third-order valence-corrected chi connectivity index (χ3v) is 7.10. The van der Waals surface area contributed by atoms with Crippen LogP contribution in [-0.2, 0) is 19.9 Å². The maximum atomic E-state index is 12.3. The fourth-order valence-electron chi connectivity index (χ4n) is 2.44. The predicted molar refractivity (Wildman–Crippen MR) is 91.1 cm³/mol. The lowest BCUT2D eigenvalue weighted by Gasteiger charge is -2.12. The summed E-state index contributed by atoms with van der Waals surface area (Å²) in [6.07, 6.45) is 2.13. The van der Waals surface area contributed by atoms with Crippen molar-refractivity contribution in [2.75, 3.05) is 18.1 Å². The van der Waals surface area contributed by atoms with Gasteiger partial charge in [-0.3, -0.25) is 4.79 Å². The number of amides is 1. The van der Waals surface area contributed by atoms with Crippen molar-refractivity contribution >= 4 is 25.8 Å². The molecule has 0 saturated carbocycles. The minimum absolute atomic E-state index is 0.00292. The smallest absolute Gasteiger partial charge is 0.251 e. The molecular formula is C15H22N2O5S2. The number of carbonyl (C=O) groups is 1. The highest BCUT2D eigenvalue weighted by atomic mass is 32.2. The molecular weight excluding hydrogens is 352 g/mol. The first-order valence-electron chi connectivity index (χ1n) is 7.84. The molecule has 9 heteroatoms. The third-order valence-electron chi connectivity index (χ3n) is 3.80. The molecule has 1 atom stereocenters. The fraction of sp³-hybridized carbons (Fsp3) is 0.533. The summed E-state index contributed by atoms with van der Waals surface area (Å²) in [5.74, 6) is -0.427. The van der Waals surface area contributed by atoms with E-state index in [1.165, 1.54) is 24.3 Å². The summed E-state index contributed by atoms with van der Waals surface area (Å²) in [5, 5.41) is 2.76.